The van der Waals surface area contributed by atoms with Crippen molar-refractivity contribution in [3.8, 4) is 0 Å². The third kappa shape index (κ3) is 4.77. The number of nitrogens with zero attached hydrogens (tertiary/aromatic N) is 2. The predicted molar refractivity (Wildman–Crippen MR) is 97.8 cm³/mol. The number of nitrogens with two attached hydrogens (primary N) is 1. The Balaban J connectivity index is 1.96. The van der Waals surface area contributed by atoms with Crippen LogP contribution < -0.4 is 10.6 Å². The standard InChI is InChI=1S/C17H26BrN3O2/c1-17(2,3)23-16(22)21-9-7-13(8-10-21)20(4)15-11-12(18)5-6-14(15)19/h5-6,11,13H,7-10,19H2,1-4H3. The van der Waals surface area contributed by atoms with E-state index in [0.29, 0.717) is 19.1 Å². The Hall–Kier alpha value is -1.43. The van der Waals surface area contributed by atoms with Crippen LogP contribution in [0.2, 0.25) is 0 Å². The summed E-state index contributed by atoms with van der Waals surface area (Å²) < 4.78 is 6.45. The van der Waals surface area contributed by atoms with Crippen LogP contribution in [0.1, 0.15) is 33.6 Å². The van der Waals surface area contributed by atoms with Crippen molar-refractivity contribution >= 4 is 33.4 Å². The first-order valence-electron chi connectivity index (χ1n) is 7.93. The lowest BCUT2D eigenvalue weighted by molar-refractivity contribution is 0.0205. The summed E-state index contributed by atoms with van der Waals surface area (Å²) in [7, 11) is 2.06. The summed E-state index contributed by atoms with van der Waals surface area (Å²) in [5, 5.41) is 0. The number of piperidine rings is 1. The maximum Gasteiger partial charge on any atom is 0.410 e. The van der Waals surface area contributed by atoms with Gasteiger partial charge in [-0.1, -0.05) is 15.9 Å². The fourth-order valence-electron chi connectivity index (χ4n) is 2.78. The average Bonchev–Trinajstić information content (AvgIpc) is 2.47. The molecule has 1 amide bonds. The molecule has 0 bridgehead atoms. The van der Waals surface area contributed by atoms with Crippen LogP contribution in [0.4, 0.5) is 16.2 Å². The van der Waals surface area contributed by atoms with Crippen molar-refractivity contribution in [3.63, 3.8) is 0 Å². The molecule has 1 heterocycles. The van der Waals surface area contributed by atoms with E-state index >= 15 is 0 Å². The summed E-state index contributed by atoms with van der Waals surface area (Å²) in [6, 6.07) is 6.25. The van der Waals surface area contributed by atoms with E-state index in [4.69, 9.17) is 10.5 Å². The van der Waals surface area contributed by atoms with Crippen molar-refractivity contribution < 1.29 is 9.53 Å². The number of anilines is 2. The molecule has 1 aliphatic rings. The molecule has 2 N–H and O–H groups in total. The number of ether oxygens (including phenoxy) is 1. The fraction of sp³-hybridized carbons (Fsp3) is 0.588. The molecule has 23 heavy (non-hydrogen) atoms. The molecule has 0 radical (unpaired) electrons. The normalized spacial score (nSPS) is 16.3. The molecule has 6 heteroatoms. The van der Waals surface area contributed by atoms with Crippen LogP contribution in [0.5, 0.6) is 0 Å². The number of benzene rings is 1. The zero-order chi connectivity index (χ0) is 17.2. The minimum absolute atomic E-state index is 0.222. The maximum absolute atomic E-state index is 12.1. The largest absolute Gasteiger partial charge is 0.444 e. The molecule has 0 aromatic heterocycles. The van der Waals surface area contributed by atoms with Crippen LogP contribution >= 0.6 is 15.9 Å². The smallest absolute Gasteiger partial charge is 0.410 e. The van der Waals surface area contributed by atoms with Crippen LogP contribution in [0.3, 0.4) is 0 Å². The molecule has 0 saturated carbocycles. The van der Waals surface area contributed by atoms with Gasteiger partial charge in [0.1, 0.15) is 5.60 Å². The highest BCUT2D eigenvalue weighted by Crippen LogP contribution is 2.30. The SMILES string of the molecule is CN(c1cc(Br)ccc1N)C1CCN(C(=O)OC(C)(C)C)CC1. The second-order valence-corrected chi connectivity index (χ2v) is 7.93. The monoisotopic (exact) mass is 383 g/mol. The number of hydrogen-bond donors (Lipinski definition) is 1. The molecule has 1 fully saturated rings. The molecule has 1 aromatic carbocycles. The highest BCUT2D eigenvalue weighted by molar-refractivity contribution is 9.10. The minimum atomic E-state index is -0.449. The van der Waals surface area contributed by atoms with Crippen molar-refractivity contribution in [2.24, 2.45) is 0 Å². The van der Waals surface area contributed by atoms with E-state index < -0.39 is 5.60 Å². The van der Waals surface area contributed by atoms with Crippen LogP contribution in [0, 0.1) is 0 Å². The quantitative estimate of drug-likeness (QED) is 0.787. The van der Waals surface area contributed by atoms with Crippen LogP contribution in [-0.4, -0.2) is 42.8 Å². The number of carbonyl (C=O) groups excluding carboxylic acids is 1. The Kier molecular flexibility index (Phi) is 5.45. The molecular formula is C17H26BrN3O2. The van der Waals surface area contributed by atoms with Crippen molar-refractivity contribution in [1.29, 1.82) is 0 Å². The van der Waals surface area contributed by atoms with Crippen LogP contribution in [0.15, 0.2) is 22.7 Å². The van der Waals surface area contributed by atoms with E-state index in [0.717, 1.165) is 28.7 Å². The summed E-state index contributed by atoms with van der Waals surface area (Å²) in [5.74, 6) is 0. The molecule has 2 rings (SSSR count). The van der Waals surface area contributed by atoms with Gasteiger partial charge in [0, 0.05) is 30.7 Å². The van der Waals surface area contributed by atoms with Gasteiger partial charge in [-0.15, -0.1) is 0 Å². The molecule has 0 unspecified atom stereocenters. The van der Waals surface area contributed by atoms with E-state index in [9.17, 15) is 4.79 Å². The predicted octanol–water partition coefficient (Wildman–Crippen LogP) is 3.87. The van der Waals surface area contributed by atoms with Crippen LogP contribution in [-0.2, 0) is 4.74 Å². The lowest BCUT2D eigenvalue weighted by Crippen LogP contribution is -2.47. The summed E-state index contributed by atoms with van der Waals surface area (Å²) in [6.07, 6.45) is 1.59. The fourth-order valence-corrected chi connectivity index (χ4v) is 3.13. The lowest BCUT2D eigenvalue weighted by atomic mass is 10.0. The number of hydrogen-bond acceptors (Lipinski definition) is 4. The van der Waals surface area contributed by atoms with Gasteiger partial charge in [-0.3, -0.25) is 0 Å². The summed E-state index contributed by atoms with van der Waals surface area (Å²) in [6.45, 7) is 7.08. The van der Waals surface area contributed by atoms with Crippen molar-refractivity contribution in [3.05, 3.63) is 22.7 Å². The molecule has 0 spiro atoms. The summed E-state index contributed by atoms with van der Waals surface area (Å²) in [4.78, 5) is 16.1. The average molecular weight is 384 g/mol. The van der Waals surface area contributed by atoms with Crippen molar-refractivity contribution in [1.82, 2.24) is 4.90 Å². The maximum atomic E-state index is 12.1. The third-order valence-corrected chi connectivity index (χ3v) is 4.53. The Labute approximate surface area is 146 Å². The molecule has 0 atom stereocenters. The zero-order valence-corrected chi connectivity index (χ0v) is 15.9. The van der Waals surface area contributed by atoms with E-state index in [1.807, 2.05) is 39.0 Å². The Morgan fingerprint density at radius 3 is 2.52 bits per heavy atom. The molecule has 128 valence electrons. The van der Waals surface area contributed by atoms with Gasteiger partial charge in [0.25, 0.3) is 0 Å². The second-order valence-electron chi connectivity index (χ2n) is 7.01. The molecule has 1 aromatic rings. The Morgan fingerprint density at radius 2 is 1.96 bits per heavy atom. The van der Waals surface area contributed by atoms with Gasteiger partial charge >= 0.3 is 6.09 Å². The topological polar surface area (TPSA) is 58.8 Å². The first kappa shape index (κ1) is 17.9. The molecule has 1 saturated heterocycles. The van der Waals surface area contributed by atoms with Gasteiger partial charge in [0.15, 0.2) is 0 Å². The van der Waals surface area contributed by atoms with Crippen molar-refractivity contribution in [2.45, 2.75) is 45.3 Å². The Bertz CT molecular complexity index is 563. The van der Waals surface area contributed by atoms with E-state index in [1.54, 1.807) is 4.90 Å². The summed E-state index contributed by atoms with van der Waals surface area (Å²) in [5.41, 5.74) is 7.44. The Morgan fingerprint density at radius 1 is 1.35 bits per heavy atom. The van der Waals surface area contributed by atoms with Gasteiger partial charge in [-0.25, -0.2) is 4.79 Å². The van der Waals surface area contributed by atoms with E-state index in [1.165, 1.54) is 0 Å². The molecule has 0 aliphatic carbocycles. The first-order chi connectivity index (χ1) is 10.7. The summed E-state index contributed by atoms with van der Waals surface area (Å²) >= 11 is 3.49. The number of likely N-dealkylation sites (tertiary alicyclic amines) is 1. The zero-order valence-electron chi connectivity index (χ0n) is 14.3. The van der Waals surface area contributed by atoms with Gasteiger partial charge in [-0.2, -0.15) is 0 Å². The number of halogens is 1. The van der Waals surface area contributed by atoms with Gasteiger partial charge in [-0.05, 0) is 51.8 Å². The molecule has 5 nitrogen and oxygen atoms in total. The molecule has 1 aliphatic heterocycles. The number of nitrogen functional groups attached to an aromatic ring is 1. The van der Waals surface area contributed by atoms with Crippen LogP contribution in [0.25, 0.3) is 0 Å². The van der Waals surface area contributed by atoms with Crippen molar-refractivity contribution in [2.75, 3.05) is 30.8 Å². The highest BCUT2D eigenvalue weighted by atomic mass is 79.9. The third-order valence-electron chi connectivity index (χ3n) is 4.04. The minimum Gasteiger partial charge on any atom is -0.444 e. The first-order valence-corrected chi connectivity index (χ1v) is 8.72. The lowest BCUT2D eigenvalue weighted by Gasteiger charge is -2.38. The highest BCUT2D eigenvalue weighted by Gasteiger charge is 2.29. The van der Waals surface area contributed by atoms with Gasteiger partial charge in [0.05, 0.1) is 11.4 Å². The van der Waals surface area contributed by atoms with E-state index in [2.05, 4.69) is 27.9 Å². The number of rotatable bonds is 2. The van der Waals surface area contributed by atoms with Gasteiger partial charge in [0.2, 0.25) is 0 Å². The molecular weight excluding hydrogens is 358 g/mol. The second kappa shape index (κ2) is 6.99. The number of carbonyl (C=O) groups is 1. The van der Waals surface area contributed by atoms with E-state index in [-0.39, 0.29) is 6.09 Å². The number of amides is 1. The van der Waals surface area contributed by atoms with Gasteiger partial charge < -0.3 is 20.3 Å².